The summed E-state index contributed by atoms with van der Waals surface area (Å²) in [7, 11) is 0. The predicted octanol–water partition coefficient (Wildman–Crippen LogP) is 3.03. The van der Waals surface area contributed by atoms with Crippen LogP contribution in [0.1, 0.15) is 19.3 Å². The van der Waals surface area contributed by atoms with Crippen LogP contribution in [0.3, 0.4) is 0 Å². The Morgan fingerprint density at radius 2 is 2.00 bits per heavy atom. The van der Waals surface area contributed by atoms with Crippen molar-refractivity contribution in [2.45, 2.75) is 24.2 Å². The standard InChI is InChI=1S/C12H14O2S/c13-11(14)12(7-4-8-12)9-15-10-5-2-1-3-6-10/h1-3,5-6H,4,7-9H2,(H,13,14). The van der Waals surface area contributed by atoms with Gasteiger partial charge in [0.2, 0.25) is 0 Å². The van der Waals surface area contributed by atoms with Crippen LogP contribution in [0.2, 0.25) is 0 Å². The third kappa shape index (κ3) is 2.17. The van der Waals surface area contributed by atoms with Crippen LogP contribution in [0.15, 0.2) is 35.2 Å². The molecule has 2 nitrogen and oxygen atoms in total. The molecule has 1 aliphatic rings. The van der Waals surface area contributed by atoms with Gasteiger partial charge in [0.1, 0.15) is 0 Å². The van der Waals surface area contributed by atoms with Crippen LogP contribution < -0.4 is 0 Å². The highest BCUT2D eigenvalue weighted by molar-refractivity contribution is 7.99. The number of thioether (sulfide) groups is 1. The van der Waals surface area contributed by atoms with E-state index in [1.54, 1.807) is 11.8 Å². The second-order valence-electron chi connectivity index (χ2n) is 4.04. The first-order valence-corrected chi connectivity index (χ1v) is 6.13. The molecule has 1 aromatic rings. The SMILES string of the molecule is O=C(O)C1(CSc2ccccc2)CCC1. The minimum absolute atomic E-state index is 0.444. The Labute approximate surface area is 93.7 Å². The molecule has 1 N–H and O–H groups in total. The summed E-state index contributed by atoms with van der Waals surface area (Å²) in [6.07, 6.45) is 2.73. The van der Waals surface area contributed by atoms with Gasteiger partial charge in [-0.05, 0) is 25.0 Å². The van der Waals surface area contributed by atoms with Crippen LogP contribution in [-0.2, 0) is 4.79 Å². The monoisotopic (exact) mass is 222 g/mol. The Morgan fingerprint density at radius 1 is 1.33 bits per heavy atom. The molecule has 0 aliphatic heterocycles. The summed E-state index contributed by atoms with van der Waals surface area (Å²) in [6.45, 7) is 0. The van der Waals surface area contributed by atoms with Gasteiger partial charge in [-0.25, -0.2) is 0 Å². The second-order valence-corrected chi connectivity index (χ2v) is 5.09. The largest absolute Gasteiger partial charge is 0.481 e. The summed E-state index contributed by atoms with van der Waals surface area (Å²) in [5.41, 5.74) is -0.444. The molecule has 0 bridgehead atoms. The van der Waals surface area contributed by atoms with Crippen molar-refractivity contribution in [2.75, 3.05) is 5.75 Å². The van der Waals surface area contributed by atoms with Crippen LogP contribution in [-0.4, -0.2) is 16.8 Å². The van der Waals surface area contributed by atoms with E-state index in [0.717, 1.165) is 24.2 Å². The van der Waals surface area contributed by atoms with Crippen molar-refractivity contribution in [1.82, 2.24) is 0 Å². The summed E-state index contributed by atoms with van der Waals surface area (Å²) in [4.78, 5) is 12.3. The van der Waals surface area contributed by atoms with Gasteiger partial charge in [0.25, 0.3) is 0 Å². The molecule has 0 amide bonds. The maximum absolute atomic E-state index is 11.1. The average molecular weight is 222 g/mol. The van der Waals surface area contributed by atoms with Crippen LogP contribution in [0.25, 0.3) is 0 Å². The molecule has 1 fully saturated rings. The van der Waals surface area contributed by atoms with Crippen molar-refractivity contribution in [3.05, 3.63) is 30.3 Å². The zero-order valence-electron chi connectivity index (χ0n) is 8.48. The molecule has 1 saturated carbocycles. The van der Waals surface area contributed by atoms with Crippen molar-refractivity contribution < 1.29 is 9.90 Å². The lowest BCUT2D eigenvalue weighted by Gasteiger charge is -2.37. The normalized spacial score (nSPS) is 18.1. The predicted molar refractivity (Wildman–Crippen MR) is 61.1 cm³/mol. The van der Waals surface area contributed by atoms with Crippen molar-refractivity contribution >= 4 is 17.7 Å². The number of hydrogen-bond acceptors (Lipinski definition) is 2. The molecular weight excluding hydrogens is 208 g/mol. The number of rotatable bonds is 4. The molecule has 3 heteroatoms. The molecule has 15 heavy (non-hydrogen) atoms. The van der Waals surface area contributed by atoms with E-state index < -0.39 is 11.4 Å². The smallest absolute Gasteiger partial charge is 0.310 e. The third-order valence-electron chi connectivity index (χ3n) is 3.02. The summed E-state index contributed by atoms with van der Waals surface area (Å²) >= 11 is 1.65. The first kappa shape index (κ1) is 10.6. The molecule has 0 spiro atoms. The van der Waals surface area contributed by atoms with E-state index >= 15 is 0 Å². The van der Waals surface area contributed by atoms with Crippen LogP contribution in [0.4, 0.5) is 0 Å². The van der Waals surface area contributed by atoms with Gasteiger partial charge in [-0.15, -0.1) is 11.8 Å². The average Bonchev–Trinajstić information content (AvgIpc) is 2.17. The van der Waals surface area contributed by atoms with E-state index in [4.69, 9.17) is 5.11 Å². The number of carbonyl (C=O) groups is 1. The molecule has 0 heterocycles. The van der Waals surface area contributed by atoms with Gasteiger partial charge in [0.05, 0.1) is 5.41 Å². The fourth-order valence-corrected chi connectivity index (χ4v) is 2.97. The number of carboxylic acids is 1. The van der Waals surface area contributed by atoms with E-state index in [9.17, 15) is 4.79 Å². The molecule has 2 rings (SSSR count). The molecule has 0 unspecified atom stereocenters. The van der Waals surface area contributed by atoms with E-state index in [1.807, 2.05) is 30.3 Å². The lowest BCUT2D eigenvalue weighted by atomic mass is 9.70. The van der Waals surface area contributed by atoms with Crippen molar-refractivity contribution in [1.29, 1.82) is 0 Å². The van der Waals surface area contributed by atoms with E-state index in [1.165, 1.54) is 0 Å². The molecule has 0 atom stereocenters. The van der Waals surface area contributed by atoms with Gasteiger partial charge in [0, 0.05) is 10.6 Å². The molecule has 1 aliphatic carbocycles. The van der Waals surface area contributed by atoms with E-state index in [2.05, 4.69) is 0 Å². The molecule has 1 aromatic carbocycles. The Kier molecular flexibility index (Phi) is 3.00. The summed E-state index contributed by atoms with van der Waals surface area (Å²) < 4.78 is 0. The van der Waals surface area contributed by atoms with Gasteiger partial charge in [-0.1, -0.05) is 24.6 Å². The van der Waals surface area contributed by atoms with Gasteiger partial charge in [-0.2, -0.15) is 0 Å². The highest BCUT2D eigenvalue weighted by Gasteiger charge is 2.44. The fraction of sp³-hybridized carbons (Fsp3) is 0.417. The summed E-state index contributed by atoms with van der Waals surface area (Å²) in [5, 5.41) is 9.15. The lowest BCUT2D eigenvalue weighted by Crippen LogP contribution is -2.40. The Bertz CT molecular complexity index is 344. The van der Waals surface area contributed by atoms with Crippen molar-refractivity contribution in [3.63, 3.8) is 0 Å². The first-order valence-electron chi connectivity index (χ1n) is 5.14. The highest BCUT2D eigenvalue weighted by atomic mass is 32.2. The van der Waals surface area contributed by atoms with Gasteiger partial charge in [0.15, 0.2) is 0 Å². The minimum Gasteiger partial charge on any atom is -0.481 e. The second kappa shape index (κ2) is 4.27. The van der Waals surface area contributed by atoms with Gasteiger partial charge >= 0.3 is 5.97 Å². The quantitative estimate of drug-likeness (QED) is 0.796. The molecule has 0 saturated heterocycles. The van der Waals surface area contributed by atoms with E-state index in [0.29, 0.717) is 5.75 Å². The van der Waals surface area contributed by atoms with Crippen molar-refractivity contribution in [3.8, 4) is 0 Å². The van der Waals surface area contributed by atoms with Crippen LogP contribution in [0.5, 0.6) is 0 Å². The maximum atomic E-state index is 11.1. The van der Waals surface area contributed by atoms with Crippen LogP contribution >= 0.6 is 11.8 Å². The third-order valence-corrected chi connectivity index (χ3v) is 4.33. The zero-order valence-corrected chi connectivity index (χ0v) is 9.30. The Hall–Kier alpha value is -0.960. The van der Waals surface area contributed by atoms with Crippen LogP contribution in [0, 0.1) is 5.41 Å². The highest BCUT2D eigenvalue weighted by Crippen LogP contribution is 2.44. The lowest BCUT2D eigenvalue weighted by molar-refractivity contribution is -0.152. The molecular formula is C12H14O2S. The zero-order chi connectivity index (χ0) is 10.7. The topological polar surface area (TPSA) is 37.3 Å². The summed E-state index contributed by atoms with van der Waals surface area (Å²) in [5.74, 6) is 0.0731. The van der Waals surface area contributed by atoms with Gasteiger partial charge in [-0.3, -0.25) is 4.79 Å². The fourth-order valence-electron chi connectivity index (χ4n) is 1.76. The first-order chi connectivity index (χ1) is 7.23. The molecule has 0 aromatic heterocycles. The number of carboxylic acid groups (broad SMARTS) is 1. The number of benzene rings is 1. The maximum Gasteiger partial charge on any atom is 0.310 e. The minimum atomic E-state index is -0.628. The Morgan fingerprint density at radius 3 is 2.47 bits per heavy atom. The van der Waals surface area contributed by atoms with E-state index in [-0.39, 0.29) is 0 Å². The van der Waals surface area contributed by atoms with Crippen molar-refractivity contribution in [2.24, 2.45) is 5.41 Å². The summed E-state index contributed by atoms with van der Waals surface area (Å²) in [6, 6.07) is 9.99. The Balaban J connectivity index is 1.95. The molecule has 80 valence electrons. The van der Waals surface area contributed by atoms with Gasteiger partial charge < -0.3 is 5.11 Å². The molecule has 0 radical (unpaired) electrons. The number of aliphatic carboxylic acids is 1. The number of hydrogen-bond donors (Lipinski definition) is 1.